The number of anilines is 3. The zero-order valence-corrected chi connectivity index (χ0v) is 15.8. The first-order chi connectivity index (χ1) is 14.9. The van der Waals surface area contributed by atoms with Gasteiger partial charge in [0.15, 0.2) is 0 Å². The quantitative estimate of drug-likeness (QED) is 0.407. The first-order valence-electron chi connectivity index (χ1n) is 11.1. The summed E-state index contributed by atoms with van der Waals surface area (Å²) in [5.41, 5.74) is 6.28. The highest BCUT2D eigenvalue weighted by Gasteiger charge is 2.36. The maximum absolute atomic E-state index is 8.18. The van der Waals surface area contributed by atoms with Crippen LogP contribution in [-0.4, -0.2) is 22.7 Å². The fourth-order valence-corrected chi connectivity index (χ4v) is 4.94. The van der Waals surface area contributed by atoms with Gasteiger partial charge in [-0.15, -0.1) is 0 Å². The molecule has 28 heavy (non-hydrogen) atoms. The van der Waals surface area contributed by atoms with Gasteiger partial charge in [-0.2, -0.15) is 0 Å². The van der Waals surface area contributed by atoms with Gasteiger partial charge in [0.1, 0.15) is 12.0 Å². The van der Waals surface area contributed by atoms with E-state index in [1.807, 2.05) is 43.6 Å². The Kier molecular flexibility index (Phi) is 2.50. The van der Waals surface area contributed by atoms with E-state index in [4.69, 9.17) is 4.11 Å². The molecule has 138 valence electrons. The fraction of sp³-hybridized carbons (Fsp3) is 0.208. The lowest BCUT2D eigenvalue weighted by Gasteiger charge is -2.31. The highest BCUT2D eigenvalue weighted by Crippen LogP contribution is 2.50. The van der Waals surface area contributed by atoms with Crippen molar-refractivity contribution in [1.82, 2.24) is 9.55 Å². The van der Waals surface area contributed by atoms with E-state index in [0.29, 0.717) is 0 Å². The molecule has 0 spiro atoms. The Labute approximate surface area is 168 Å². The number of hydrogen-bond donors (Lipinski definition) is 0. The maximum atomic E-state index is 8.18. The van der Waals surface area contributed by atoms with Crippen molar-refractivity contribution in [2.24, 2.45) is 0 Å². The number of para-hydroxylation sites is 2. The first kappa shape index (κ1) is 13.0. The highest BCUT2D eigenvalue weighted by molar-refractivity contribution is 6.02. The molecule has 0 unspecified atom stereocenters. The number of fused-ring (bicyclic) bond motifs is 6. The van der Waals surface area contributed by atoms with Gasteiger partial charge in [0.25, 0.3) is 0 Å². The lowest BCUT2D eigenvalue weighted by molar-refractivity contribution is 0.731. The van der Waals surface area contributed by atoms with Gasteiger partial charge in [-0.1, -0.05) is 36.4 Å². The Bertz CT molecular complexity index is 1350. The van der Waals surface area contributed by atoms with Crippen molar-refractivity contribution in [2.45, 2.75) is 26.4 Å². The van der Waals surface area contributed by atoms with Crippen LogP contribution in [0.15, 0.2) is 60.9 Å². The summed E-state index contributed by atoms with van der Waals surface area (Å²) in [6.45, 7) is 1.89. The molecule has 4 heteroatoms. The molecule has 4 aromatic rings. The SMILES string of the molecule is [2H]C([2H])([2H])N1c2ccccc2N(c2c3c(c4ccccc4c2C)-n2ccnc2C3)[C@H]1C. The third kappa shape index (κ3) is 1.82. The van der Waals surface area contributed by atoms with Gasteiger partial charge in [-0.05, 0) is 36.9 Å². The summed E-state index contributed by atoms with van der Waals surface area (Å²) in [4.78, 5) is 8.33. The van der Waals surface area contributed by atoms with Crippen LogP contribution in [0.5, 0.6) is 0 Å². The van der Waals surface area contributed by atoms with Gasteiger partial charge in [-0.25, -0.2) is 4.98 Å². The van der Waals surface area contributed by atoms with Crippen LogP contribution in [0.2, 0.25) is 0 Å². The number of rotatable bonds is 1. The van der Waals surface area contributed by atoms with Crippen LogP contribution in [0.1, 0.15) is 28.0 Å². The minimum atomic E-state index is -2.23. The molecule has 0 fully saturated rings. The van der Waals surface area contributed by atoms with Crippen LogP contribution in [0, 0.1) is 6.92 Å². The summed E-state index contributed by atoms with van der Waals surface area (Å²) in [7, 11) is 0. The van der Waals surface area contributed by atoms with Crippen LogP contribution in [0.4, 0.5) is 17.1 Å². The summed E-state index contributed by atoms with van der Waals surface area (Å²) in [5.74, 6) is 1.01. The van der Waals surface area contributed by atoms with E-state index >= 15 is 0 Å². The summed E-state index contributed by atoms with van der Waals surface area (Å²) >= 11 is 0. The average Bonchev–Trinajstić information content (AvgIpc) is 3.39. The molecule has 0 aliphatic carbocycles. The van der Waals surface area contributed by atoms with Gasteiger partial charge in [0.05, 0.1) is 22.7 Å². The minimum Gasteiger partial charge on any atom is -0.353 e. The first-order valence-corrected chi connectivity index (χ1v) is 9.62. The summed E-state index contributed by atoms with van der Waals surface area (Å²) < 4.78 is 26.7. The van der Waals surface area contributed by atoms with E-state index in [-0.39, 0.29) is 6.17 Å². The summed E-state index contributed by atoms with van der Waals surface area (Å²) in [5, 5.41) is 2.37. The second-order valence-corrected chi connectivity index (χ2v) is 7.60. The van der Waals surface area contributed by atoms with Crippen molar-refractivity contribution < 1.29 is 4.11 Å². The van der Waals surface area contributed by atoms with Gasteiger partial charge >= 0.3 is 0 Å². The second kappa shape index (κ2) is 5.38. The van der Waals surface area contributed by atoms with Crippen molar-refractivity contribution in [3.63, 3.8) is 0 Å². The van der Waals surface area contributed by atoms with Crippen molar-refractivity contribution in [3.8, 4) is 5.69 Å². The third-order valence-electron chi connectivity index (χ3n) is 6.20. The van der Waals surface area contributed by atoms with E-state index in [0.717, 1.165) is 40.6 Å². The predicted molar refractivity (Wildman–Crippen MR) is 115 cm³/mol. The number of nitrogens with zero attached hydrogens (tertiary/aromatic N) is 4. The van der Waals surface area contributed by atoms with Crippen LogP contribution in [-0.2, 0) is 6.42 Å². The Morgan fingerprint density at radius 3 is 2.57 bits per heavy atom. The smallest absolute Gasteiger partial charge is 0.117 e. The molecule has 0 radical (unpaired) electrons. The molecule has 2 aliphatic heterocycles. The average molecular weight is 369 g/mol. The largest absolute Gasteiger partial charge is 0.353 e. The van der Waals surface area contributed by atoms with Crippen molar-refractivity contribution in [1.29, 1.82) is 0 Å². The van der Waals surface area contributed by atoms with E-state index in [1.165, 1.54) is 16.3 Å². The van der Waals surface area contributed by atoms with Gasteiger partial charge < -0.3 is 14.4 Å². The Morgan fingerprint density at radius 1 is 1.00 bits per heavy atom. The zero-order valence-electron chi connectivity index (χ0n) is 18.8. The molecule has 1 atom stereocenters. The Hall–Kier alpha value is -3.27. The number of hydrogen-bond acceptors (Lipinski definition) is 3. The fourth-order valence-electron chi connectivity index (χ4n) is 4.94. The summed E-state index contributed by atoms with van der Waals surface area (Å²) in [6, 6.07) is 16.2. The monoisotopic (exact) mass is 369 g/mol. The number of aryl methyl sites for hydroxylation is 1. The molecule has 1 aromatic heterocycles. The summed E-state index contributed by atoms with van der Waals surface area (Å²) in [6.07, 6.45) is 4.24. The molecule has 4 nitrogen and oxygen atoms in total. The molecule has 0 saturated heterocycles. The van der Waals surface area contributed by atoms with E-state index in [1.54, 1.807) is 4.90 Å². The molecular weight excluding hydrogens is 344 g/mol. The Balaban J connectivity index is 1.69. The lowest BCUT2D eigenvalue weighted by Crippen LogP contribution is -2.36. The highest BCUT2D eigenvalue weighted by atomic mass is 15.4. The number of imidazole rings is 1. The minimum absolute atomic E-state index is 0.346. The maximum Gasteiger partial charge on any atom is 0.117 e. The van der Waals surface area contributed by atoms with Crippen LogP contribution >= 0.6 is 0 Å². The van der Waals surface area contributed by atoms with Gasteiger partial charge in [-0.3, -0.25) is 0 Å². The van der Waals surface area contributed by atoms with Crippen molar-refractivity contribution in [2.75, 3.05) is 16.8 Å². The molecule has 2 aliphatic rings. The number of aromatic nitrogens is 2. The predicted octanol–water partition coefficient (Wildman–Crippen LogP) is 5.17. The van der Waals surface area contributed by atoms with E-state index in [2.05, 4.69) is 45.6 Å². The van der Waals surface area contributed by atoms with Crippen LogP contribution in [0.25, 0.3) is 16.5 Å². The van der Waals surface area contributed by atoms with Gasteiger partial charge in [0.2, 0.25) is 0 Å². The standard InChI is InChI=1S/C24H22N4/c1-15-17-8-4-5-9-18(17)24-19(14-22-25-12-13-27(22)24)23(15)28-16(2)26(3)20-10-6-7-11-21(20)28/h4-13,16H,14H2,1-3H3/t16-/m0/s1/i3D3. The molecule has 0 N–H and O–H groups in total. The lowest BCUT2D eigenvalue weighted by atomic mass is 9.95. The van der Waals surface area contributed by atoms with Crippen LogP contribution in [0.3, 0.4) is 0 Å². The zero-order chi connectivity index (χ0) is 21.5. The van der Waals surface area contributed by atoms with E-state index < -0.39 is 6.98 Å². The van der Waals surface area contributed by atoms with Crippen molar-refractivity contribution >= 4 is 27.8 Å². The molecule has 3 aromatic carbocycles. The topological polar surface area (TPSA) is 24.3 Å². The Morgan fingerprint density at radius 2 is 1.75 bits per heavy atom. The van der Waals surface area contributed by atoms with E-state index in [9.17, 15) is 0 Å². The molecule has 6 rings (SSSR count). The van der Waals surface area contributed by atoms with Crippen LogP contribution < -0.4 is 9.80 Å². The van der Waals surface area contributed by atoms with Gasteiger partial charge in [0, 0.05) is 40.9 Å². The normalized spacial score (nSPS) is 19.2. The second-order valence-electron chi connectivity index (χ2n) is 7.60. The van der Waals surface area contributed by atoms with Crippen molar-refractivity contribution in [3.05, 3.63) is 77.9 Å². The molecular formula is C24H22N4. The third-order valence-corrected chi connectivity index (χ3v) is 6.20. The molecule has 0 saturated carbocycles. The molecule has 3 heterocycles. The molecule has 0 bridgehead atoms. The number of benzene rings is 3. The molecule has 0 amide bonds.